The zero-order chi connectivity index (χ0) is 22.0. The van der Waals surface area contributed by atoms with Crippen LogP contribution in [0.2, 0.25) is 0 Å². The van der Waals surface area contributed by atoms with E-state index in [1.54, 1.807) is 36.5 Å². The Hall–Kier alpha value is -3.65. The molecule has 4 rings (SSSR count). The number of nitrogens with zero attached hydrogens (tertiary/aromatic N) is 2. The zero-order valence-corrected chi connectivity index (χ0v) is 17.8. The quantitative estimate of drug-likeness (QED) is 0.359. The smallest absolute Gasteiger partial charge is 0.296 e. The van der Waals surface area contributed by atoms with Crippen LogP contribution in [0.5, 0.6) is 11.5 Å². The minimum atomic E-state index is -0.746. The number of thiophene rings is 1. The third-order valence-electron chi connectivity index (χ3n) is 5.07. The van der Waals surface area contributed by atoms with Crippen molar-refractivity contribution in [3.63, 3.8) is 0 Å². The highest BCUT2D eigenvalue weighted by Gasteiger charge is 2.46. The normalized spacial score (nSPS) is 17.7. The van der Waals surface area contributed by atoms with Crippen LogP contribution in [0, 0.1) is 0 Å². The number of aliphatic hydroxyl groups excluding tert-OH is 1. The van der Waals surface area contributed by atoms with Gasteiger partial charge in [0.05, 0.1) is 37.6 Å². The highest BCUT2D eigenvalue weighted by molar-refractivity contribution is 7.10. The number of ether oxygens (including phenoxy) is 2. The SMILES string of the molecule is COc1ccc(/C(O)=C2/C(=O)C(=O)N(Cc3ccccn3)C2c2cccs2)c(OC)c1. The first-order valence-corrected chi connectivity index (χ1v) is 10.4. The molecule has 0 spiro atoms. The minimum absolute atomic E-state index is 0.0202. The number of aromatic nitrogens is 1. The molecule has 1 atom stereocenters. The lowest BCUT2D eigenvalue weighted by molar-refractivity contribution is -0.140. The molecule has 2 aromatic heterocycles. The number of amides is 1. The Morgan fingerprint density at radius 2 is 1.97 bits per heavy atom. The molecule has 1 aromatic carbocycles. The van der Waals surface area contributed by atoms with Gasteiger partial charge in [0.2, 0.25) is 0 Å². The third-order valence-corrected chi connectivity index (χ3v) is 6.00. The molecule has 0 radical (unpaired) electrons. The Balaban J connectivity index is 1.85. The third kappa shape index (κ3) is 3.77. The second-order valence-electron chi connectivity index (χ2n) is 6.83. The molecule has 0 bridgehead atoms. The minimum Gasteiger partial charge on any atom is -0.507 e. The standard InChI is InChI=1S/C23H20N2O5S/c1-29-15-8-9-16(17(12-15)30-2)21(26)19-20(18-7-5-11-31-18)25(23(28)22(19)27)13-14-6-3-4-10-24-14/h3-12,20,26H,13H2,1-2H3/b21-19-. The fraction of sp³-hybridized carbons (Fsp3) is 0.174. The lowest BCUT2D eigenvalue weighted by Gasteiger charge is -2.24. The van der Waals surface area contributed by atoms with Crippen LogP contribution in [0.15, 0.2) is 65.7 Å². The molecule has 1 aliphatic rings. The Labute approximate surface area is 183 Å². The molecular formula is C23H20N2O5S. The summed E-state index contributed by atoms with van der Waals surface area (Å²) in [6.07, 6.45) is 1.63. The first-order chi connectivity index (χ1) is 15.0. The Morgan fingerprint density at radius 1 is 1.13 bits per heavy atom. The number of methoxy groups -OCH3 is 2. The summed E-state index contributed by atoms with van der Waals surface area (Å²) >= 11 is 1.41. The molecule has 1 saturated heterocycles. The van der Waals surface area contributed by atoms with Gasteiger partial charge in [-0.05, 0) is 35.7 Å². The number of benzene rings is 1. The van der Waals surface area contributed by atoms with Gasteiger partial charge in [0.25, 0.3) is 11.7 Å². The molecular weight excluding hydrogens is 416 g/mol. The number of rotatable bonds is 6. The van der Waals surface area contributed by atoms with Crippen molar-refractivity contribution < 1.29 is 24.2 Å². The summed E-state index contributed by atoms with van der Waals surface area (Å²) in [4.78, 5) is 32.5. The van der Waals surface area contributed by atoms with Crippen LogP contribution in [0.4, 0.5) is 0 Å². The fourth-order valence-electron chi connectivity index (χ4n) is 3.59. The van der Waals surface area contributed by atoms with E-state index in [9.17, 15) is 14.7 Å². The fourth-order valence-corrected chi connectivity index (χ4v) is 4.44. The summed E-state index contributed by atoms with van der Waals surface area (Å²) in [5, 5.41) is 13.1. The molecule has 0 aliphatic carbocycles. The summed E-state index contributed by atoms with van der Waals surface area (Å²) in [7, 11) is 2.98. The van der Waals surface area contributed by atoms with E-state index in [0.717, 1.165) is 4.88 Å². The summed E-state index contributed by atoms with van der Waals surface area (Å²) in [6.45, 7) is 0.143. The van der Waals surface area contributed by atoms with Crippen LogP contribution in [-0.4, -0.2) is 40.9 Å². The van der Waals surface area contributed by atoms with E-state index >= 15 is 0 Å². The van der Waals surface area contributed by atoms with Gasteiger partial charge in [0, 0.05) is 17.1 Å². The number of hydrogen-bond acceptors (Lipinski definition) is 7. The van der Waals surface area contributed by atoms with Crippen LogP contribution >= 0.6 is 11.3 Å². The van der Waals surface area contributed by atoms with Crippen molar-refractivity contribution in [1.29, 1.82) is 0 Å². The Kier molecular flexibility index (Phi) is 5.73. The van der Waals surface area contributed by atoms with E-state index in [1.165, 1.54) is 30.5 Å². The largest absolute Gasteiger partial charge is 0.507 e. The molecule has 8 heteroatoms. The molecule has 1 amide bonds. The van der Waals surface area contributed by atoms with Crippen LogP contribution in [0.1, 0.15) is 22.2 Å². The summed E-state index contributed by atoms with van der Waals surface area (Å²) < 4.78 is 10.6. The lowest BCUT2D eigenvalue weighted by atomic mass is 9.99. The first kappa shape index (κ1) is 20.6. The molecule has 3 aromatic rings. The van der Waals surface area contributed by atoms with E-state index < -0.39 is 17.7 Å². The monoisotopic (exact) mass is 436 g/mol. The highest BCUT2D eigenvalue weighted by atomic mass is 32.1. The van der Waals surface area contributed by atoms with Crippen molar-refractivity contribution >= 4 is 28.8 Å². The van der Waals surface area contributed by atoms with Crippen molar-refractivity contribution in [2.45, 2.75) is 12.6 Å². The van der Waals surface area contributed by atoms with Gasteiger partial charge in [-0.25, -0.2) is 0 Å². The second-order valence-corrected chi connectivity index (χ2v) is 7.81. The van der Waals surface area contributed by atoms with Crippen molar-refractivity contribution in [2.24, 2.45) is 0 Å². The van der Waals surface area contributed by atoms with Crippen molar-refractivity contribution in [3.8, 4) is 11.5 Å². The van der Waals surface area contributed by atoms with Gasteiger partial charge >= 0.3 is 0 Å². The average Bonchev–Trinajstić information content (AvgIpc) is 3.41. The van der Waals surface area contributed by atoms with Crippen LogP contribution in [-0.2, 0) is 16.1 Å². The lowest BCUT2D eigenvalue weighted by Crippen LogP contribution is -2.29. The molecule has 7 nitrogen and oxygen atoms in total. The number of carbonyl (C=O) groups excluding carboxylic acids is 2. The summed E-state index contributed by atoms with van der Waals surface area (Å²) in [5.74, 6) is -0.848. The summed E-state index contributed by atoms with van der Waals surface area (Å²) in [5.41, 5.74) is 0.973. The van der Waals surface area contributed by atoms with Gasteiger partial charge in [0.15, 0.2) is 0 Å². The van der Waals surface area contributed by atoms with Gasteiger partial charge in [0.1, 0.15) is 23.3 Å². The van der Waals surface area contributed by atoms with Gasteiger partial charge in [-0.2, -0.15) is 0 Å². The van der Waals surface area contributed by atoms with Crippen molar-refractivity contribution in [1.82, 2.24) is 9.88 Å². The highest BCUT2D eigenvalue weighted by Crippen LogP contribution is 2.43. The van der Waals surface area contributed by atoms with E-state index in [2.05, 4.69) is 4.98 Å². The molecule has 1 aliphatic heterocycles. The van der Waals surface area contributed by atoms with Crippen LogP contribution in [0.25, 0.3) is 5.76 Å². The maximum absolute atomic E-state index is 13.1. The van der Waals surface area contributed by atoms with Gasteiger partial charge in [-0.15, -0.1) is 11.3 Å². The van der Waals surface area contributed by atoms with E-state index in [0.29, 0.717) is 22.8 Å². The van der Waals surface area contributed by atoms with E-state index in [4.69, 9.17) is 9.47 Å². The molecule has 1 fully saturated rings. The molecule has 1 unspecified atom stereocenters. The van der Waals surface area contributed by atoms with Crippen LogP contribution in [0.3, 0.4) is 0 Å². The number of hydrogen-bond donors (Lipinski definition) is 1. The van der Waals surface area contributed by atoms with Gasteiger partial charge in [-0.1, -0.05) is 12.1 Å². The molecule has 31 heavy (non-hydrogen) atoms. The Bertz CT molecular complexity index is 1140. The predicted octanol–water partition coefficient (Wildman–Crippen LogP) is 3.78. The number of aliphatic hydroxyl groups is 1. The second kappa shape index (κ2) is 8.61. The number of carbonyl (C=O) groups is 2. The topological polar surface area (TPSA) is 89.0 Å². The van der Waals surface area contributed by atoms with E-state index in [-0.39, 0.29) is 17.9 Å². The molecule has 1 N–H and O–H groups in total. The van der Waals surface area contributed by atoms with Gasteiger partial charge < -0.3 is 19.5 Å². The maximum Gasteiger partial charge on any atom is 0.296 e. The zero-order valence-electron chi connectivity index (χ0n) is 16.9. The van der Waals surface area contributed by atoms with Crippen LogP contribution < -0.4 is 9.47 Å². The number of Topliss-reactive ketones (excluding diaryl/α,β-unsaturated/α-hetero) is 1. The Morgan fingerprint density at radius 3 is 2.61 bits per heavy atom. The average molecular weight is 436 g/mol. The predicted molar refractivity (Wildman–Crippen MR) is 116 cm³/mol. The number of ketones is 1. The maximum atomic E-state index is 13.1. The summed E-state index contributed by atoms with van der Waals surface area (Å²) in [6, 6.07) is 13.2. The number of likely N-dealkylation sites (tertiary alicyclic amines) is 1. The molecule has 0 saturated carbocycles. The van der Waals surface area contributed by atoms with E-state index in [1.807, 2.05) is 23.6 Å². The van der Waals surface area contributed by atoms with Crippen molar-refractivity contribution in [2.75, 3.05) is 14.2 Å². The number of pyridine rings is 1. The molecule has 3 heterocycles. The molecule has 158 valence electrons. The van der Waals surface area contributed by atoms with Gasteiger partial charge in [-0.3, -0.25) is 14.6 Å². The first-order valence-electron chi connectivity index (χ1n) is 9.49. The van der Waals surface area contributed by atoms with Crippen molar-refractivity contribution in [3.05, 3.63) is 81.8 Å².